The van der Waals surface area contributed by atoms with Gasteiger partial charge in [-0.25, -0.2) is 18.6 Å². The number of hydrogen-bond donors (Lipinski definition) is 0. The zero-order valence-corrected chi connectivity index (χ0v) is 8.89. The number of hydrogen-bond acceptors (Lipinski definition) is 5. The van der Waals surface area contributed by atoms with E-state index in [1.165, 1.54) is 0 Å². The standard InChI is InChI=1S/C9H5F3N4O2/c1-18-9(17)7-13-3-16(15-7)8-5(11)2-4(10)6(12)14-8/h2-3H,1H3. The van der Waals surface area contributed by atoms with E-state index in [0.29, 0.717) is 10.7 Å². The van der Waals surface area contributed by atoms with Gasteiger partial charge in [0.1, 0.15) is 6.33 Å². The molecule has 94 valence electrons. The summed E-state index contributed by atoms with van der Waals surface area (Å²) >= 11 is 0. The number of carbonyl (C=O) groups excluding carboxylic acids is 1. The minimum absolute atomic E-state index is 0.317. The summed E-state index contributed by atoms with van der Waals surface area (Å²) in [6, 6.07) is 0.317. The number of ether oxygens (including phenoxy) is 1. The van der Waals surface area contributed by atoms with Crippen molar-refractivity contribution in [3.05, 3.63) is 35.8 Å². The summed E-state index contributed by atoms with van der Waals surface area (Å²) in [4.78, 5) is 17.6. The smallest absolute Gasteiger partial charge is 0.377 e. The first kappa shape index (κ1) is 12.0. The molecule has 0 amide bonds. The minimum Gasteiger partial charge on any atom is -0.463 e. The van der Waals surface area contributed by atoms with Crippen LogP contribution >= 0.6 is 0 Å². The Morgan fingerprint density at radius 1 is 1.33 bits per heavy atom. The number of aromatic nitrogens is 4. The molecule has 0 aromatic carbocycles. The van der Waals surface area contributed by atoms with Gasteiger partial charge in [-0.05, 0) is 0 Å². The van der Waals surface area contributed by atoms with Crippen LogP contribution in [0.3, 0.4) is 0 Å². The second-order valence-electron chi connectivity index (χ2n) is 3.07. The van der Waals surface area contributed by atoms with Gasteiger partial charge < -0.3 is 4.74 Å². The lowest BCUT2D eigenvalue weighted by molar-refractivity contribution is 0.0587. The molecule has 9 heteroatoms. The summed E-state index contributed by atoms with van der Waals surface area (Å²) < 4.78 is 43.9. The van der Waals surface area contributed by atoms with E-state index in [1.54, 1.807) is 0 Å². The third-order valence-electron chi connectivity index (χ3n) is 1.95. The molecule has 0 saturated heterocycles. The van der Waals surface area contributed by atoms with Crippen molar-refractivity contribution < 1.29 is 22.7 Å². The summed E-state index contributed by atoms with van der Waals surface area (Å²) in [5, 5.41) is 3.52. The summed E-state index contributed by atoms with van der Waals surface area (Å²) in [6.07, 6.45) is 0.926. The van der Waals surface area contributed by atoms with Gasteiger partial charge in [-0.2, -0.15) is 14.1 Å². The van der Waals surface area contributed by atoms with E-state index in [4.69, 9.17) is 0 Å². The van der Waals surface area contributed by atoms with Crippen molar-refractivity contribution >= 4 is 5.97 Å². The van der Waals surface area contributed by atoms with Crippen LogP contribution in [0.25, 0.3) is 5.82 Å². The maximum Gasteiger partial charge on any atom is 0.377 e. The molecular weight excluding hydrogens is 253 g/mol. The molecule has 2 heterocycles. The molecule has 0 fully saturated rings. The average molecular weight is 258 g/mol. The Morgan fingerprint density at radius 3 is 2.72 bits per heavy atom. The molecule has 2 aromatic rings. The van der Waals surface area contributed by atoms with Gasteiger partial charge in [0.25, 0.3) is 11.8 Å². The van der Waals surface area contributed by atoms with Crippen molar-refractivity contribution in [3.63, 3.8) is 0 Å². The fourth-order valence-corrected chi connectivity index (χ4v) is 1.15. The van der Waals surface area contributed by atoms with Gasteiger partial charge in [-0.15, -0.1) is 5.10 Å². The van der Waals surface area contributed by atoms with E-state index in [-0.39, 0.29) is 5.82 Å². The zero-order valence-electron chi connectivity index (χ0n) is 8.89. The molecule has 0 unspecified atom stereocenters. The van der Waals surface area contributed by atoms with Gasteiger partial charge in [0.15, 0.2) is 17.5 Å². The van der Waals surface area contributed by atoms with Gasteiger partial charge in [0.05, 0.1) is 7.11 Å². The zero-order chi connectivity index (χ0) is 13.3. The number of halogens is 3. The van der Waals surface area contributed by atoms with Crippen LogP contribution in [0.15, 0.2) is 12.4 Å². The van der Waals surface area contributed by atoms with Crippen LogP contribution < -0.4 is 0 Å². The van der Waals surface area contributed by atoms with Crippen LogP contribution in [0.2, 0.25) is 0 Å². The van der Waals surface area contributed by atoms with Crippen molar-refractivity contribution in [1.29, 1.82) is 0 Å². The second kappa shape index (κ2) is 4.43. The summed E-state index contributed by atoms with van der Waals surface area (Å²) in [5.41, 5.74) is 0. The van der Waals surface area contributed by atoms with Crippen molar-refractivity contribution in [2.45, 2.75) is 0 Å². The van der Waals surface area contributed by atoms with E-state index >= 15 is 0 Å². The molecule has 0 aliphatic heterocycles. The molecule has 2 aromatic heterocycles. The largest absolute Gasteiger partial charge is 0.463 e. The number of esters is 1. The van der Waals surface area contributed by atoms with Crippen molar-refractivity contribution in [2.75, 3.05) is 7.11 Å². The molecular formula is C9H5F3N4O2. The highest BCUT2D eigenvalue weighted by molar-refractivity contribution is 5.84. The third-order valence-corrected chi connectivity index (χ3v) is 1.95. The Kier molecular flexibility index (Phi) is 2.96. The van der Waals surface area contributed by atoms with E-state index in [1.807, 2.05) is 0 Å². The van der Waals surface area contributed by atoms with Gasteiger partial charge in [-0.3, -0.25) is 0 Å². The normalized spacial score (nSPS) is 10.4. The van der Waals surface area contributed by atoms with Gasteiger partial charge in [0.2, 0.25) is 0 Å². The average Bonchev–Trinajstić information content (AvgIpc) is 2.82. The number of pyridine rings is 1. The molecule has 0 aliphatic carbocycles. The first-order chi connectivity index (χ1) is 8.52. The number of rotatable bonds is 2. The fourth-order valence-electron chi connectivity index (χ4n) is 1.15. The molecule has 0 N–H and O–H groups in total. The summed E-state index contributed by atoms with van der Waals surface area (Å²) in [7, 11) is 1.11. The molecule has 6 nitrogen and oxygen atoms in total. The molecule has 0 aliphatic rings. The van der Waals surface area contributed by atoms with Gasteiger partial charge in [-0.1, -0.05) is 0 Å². The first-order valence-corrected chi connectivity index (χ1v) is 4.55. The lowest BCUT2D eigenvalue weighted by Gasteiger charge is -2.01. The van der Waals surface area contributed by atoms with Crippen LogP contribution in [0.4, 0.5) is 13.2 Å². The molecule has 0 bridgehead atoms. The molecule has 0 spiro atoms. The summed E-state index contributed by atoms with van der Waals surface area (Å²) in [5.74, 6) is -5.88. The quantitative estimate of drug-likeness (QED) is 0.590. The monoisotopic (exact) mass is 258 g/mol. The predicted molar refractivity (Wildman–Crippen MR) is 50.4 cm³/mol. The highest BCUT2D eigenvalue weighted by Gasteiger charge is 2.17. The topological polar surface area (TPSA) is 69.9 Å². The number of nitrogens with zero attached hydrogens (tertiary/aromatic N) is 4. The molecule has 0 radical (unpaired) electrons. The first-order valence-electron chi connectivity index (χ1n) is 4.55. The van der Waals surface area contributed by atoms with Gasteiger partial charge >= 0.3 is 5.97 Å². The van der Waals surface area contributed by atoms with Crippen molar-refractivity contribution in [2.24, 2.45) is 0 Å². The van der Waals surface area contributed by atoms with Crippen LogP contribution in [0.5, 0.6) is 0 Å². The van der Waals surface area contributed by atoms with E-state index < -0.39 is 29.4 Å². The fraction of sp³-hybridized carbons (Fsp3) is 0.111. The van der Waals surface area contributed by atoms with Crippen molar-refractivity contribution in [1.82, 2.24) is 19.7 Å². The lowest BCUT2D eigenvalue weighted by Crippen LogP contribution is -2.08. The Labute approximate surface area is 98.0 Å². The van der Waals surface area contributed by atoms with E-state index in [2.05, 4.69) is 19.8 Å². The van der Waals surface area contributed by atoms with Crippen LogP contribution in [0.1, 0.15) is 10.6 Å². The SMILES string of the molecule is COC(=O)c1ncn(-c2nc(F)c(F)cc2F)n1. The highest BCUT2D eigenvalue weighted by Crippen LogP contribution is 2.13. The minimum atomic E-state index is -1.48. The Morgan fingerprint density at radius 2 is 2.06 bits per heavy atom. The predicted octanol–water partition coefficient (Wildman–Crippen LogP) is 0.866. The Balaban J connectivity index is 2.46. The maximum absolute atomic E-state index is 13.3. The van der Waals surface area contributed by atoms with Gasteiger partial charge in [0, 0.05) is 6.07 Å². The Hall–Kier alpha value is -2.45. The van der Waals surface area contributed by atoms with Crippen LogP contribution in [-0.4, -0.2) is 32.8 Å². The third kappa shape index (κ3) is 2.01. The molecule has 0 atom stereocenters. The van der Waals surface area contributed by atoms with Crippen molar-refractivity contribution in [3.8, 4) is 5.82 Å². The lowest BCUT2D eigenvalue weighted by atomic mass is 10.4. The Bertz CT molecular complexity index is 614. The molecule has 2 rings (SSSR count). The number of carbonyl (C=O) groups is 1. The highest BCUT2D eigenvalue weighted by atomic mass is 19.2. The second-order valence-corrected chi connectivity index (χ2v) is 3.07. The van der Waals surface area contributed by atoms with E-state index in [9.17, 15) is 18.0 Å². The molecule has 0 saturated carbocycles. The molecule has 18 heavy (non-hydrogen) atoms. The van der Waals surface area contributed by atoms with Crippen LogP contribution in [-0.2, 0) is 4.74 Å². The summed E-state index contributed by atoms with van der Waals surface area (Å²) in [6.45, 7) is 0. The van der Waals surface area contributed by atoms with E-state index in [0.717, 1.165) is 13.4 Å². The maximum atomic E-state index is 13.3. The van der Waals surface area contributed by atoms with Crippen LogP contribution in [0, 0.1) is 17.6 Å². The number of methoxy groups -OCH3 is 1.